The molecule has 0 aliphatic carbocycles. The van der Waals surface area contributed by atoms with E-state index in [0.717, 1.165) is 5.01 Å². The van der Waals surface area contributed by atoms with Gasteiger partial charge in [-0.3, -0.25) is 0 Å². The van der Waals surface area contributed by atoms with Gasteiger partial charge in [-0.1, -0.05) is 0 Å². The maximum Gasteiger partial charge on any atom is 0.183 e. The molecule has 0 saturated heterocycles. The number of thiazole rings is 1. The van der Waals surface area contributed by atoms with Crippen LogP contribution in [0, 0.1) is 18.3 Å². The Bertz CT molecular complexity index is 263. The SMILES string of the molecule is Cc1nc([C@H](O)C#N)cs1. The lowest BCUT2D eigenvalue weighted by atomic mass is 10.3. The lowest BCUT2D eigenvalue weighted by Crippen LogP contribution is -1.92. The highest BCUT2D eigenvalue weighted by Gasteiger charge is 2.07. The van der Waals surface area contributed by atoms with Crippen molar-refractivity contribution in [1.82, 2.24) is 4.98 Å². The molecule has 0 saturated carbocycles. The van der Waals surface area contributed by atoms with Crippen LogP contribution in [0.4, 0.5) is 0 Å². The summed E-state index contributed by atoms with van der Waals surface area (Å²) in [5, 5.41) is 19.7. The van der Waals surface area contributed by atoms with Crippen molar-refractivity contribution in [3.05, 3.63) is 16.1 Å². The van der Waals surface area contributed by atoms with E-state index in [1.165, 1.54) is 11.3 Å². The van der Waals surface area contributed by atoms with Gasteiger partial charge in [0.15, 0.2) is 6.10 Å². The summed E-state index contributed by atoms with van der Waals surface area (Å²) in [4.78, 5) is 3.93. The summed E-state index contributed by atoms with van der Waals surface area (Å²) in [6, 6.07) is 1.69. The van der Waals surface area contributed by atoms with Gasteiger partial charge in [-0.05, 0) is 6.92 Å². The van der Waals surface area contributed by atoms with Crippen LogP contribution in [0.2, 0.25) is 0 Å². The summed E-state index contributed by atoms with van der Waals surface area (Å²) in [7, 11) is 0. The highest BCUT2D eigenvalue weighted by molar-refractivity contribution is 7.09. The largest absolute Gasteiger partial charge is 0.373 e. The molecule has 10 heavy (non-hydrogen) atoms. The van der Waals surface area contributed by atoms with Crippen molar-refractivity contribution in [2.75, 3.05) is 0 Å². The predicted octanol–water partition coefficient (Wildman–Crippen LogP) is 1.01. The van der Waals surface area contributed by atoms with E-state index in [9.17, 15) is 0 Å². The van der Waals surface area contributed by atoms with E-state index in [-0.39, 0.29) is 0 Å². The van der Waals surface area contributed by atoms with Gasteiger partial charge in [0.2, 0.25) is 0 Å². The monoisotopic (exact) mass is 154 g/mol. The number of hydrogen-bond acceptors (Lipinski definition) is 4. The molecule has 0 amide bonds. The normalized spacial score (nSPS) is 12.5. The van der Waals surface area contributed by atoms with Gasteiger partial charge in [0.1, 0.15) is 6.07 Å². The van der Waals surface area contributed by atoms with Crippen LogP contribution in [0.5, 0.6) is 0 Å². The van der Waals surface area contributed by atoms with Crippen molar-refractivity contribution >= 4 is 11.3 Å². The van der Waals surface area contributed by atoms with Crippen molar-refractivity contribution in [1.29, 1.82) is 5.26 Å². The second-order valence-electron chi connectivity index (χ2n) is 1.82. The summed E-state index contributed by atoms with van der Waals surface area (Å²) in [6.45, 7) is 1.83. The fourth-order valence-corrected chi connectivity index (χ4v) is 1.20. The number of aliphatic hydroxyl groups excluding tert-OH is 1. The lowest BCUT2D eigenvalue weighted by Gasteiger charge is -1.91. The summed E-state index contributed by atoms with van der Waals surface area (Å²) in [6.07, 6.45) is -1.06. The quantitative estimate of drug-likeness (QED) is 0.614. The van der Waals surface area contributed by atoms with Crippen LogP contribution >= 0.6 is 11.3 Å². The number of hydrogen-bond donors (Lipinski definition) is 1. The van der Waals surface area contributed by atoms with Gasteiger partial charge in [0, 0.05) is 5.38 Å². The van der Waals surface area contributed by atoms with Gasteiger partial charge < -0.3 is 5.11 Å². The van der Waals surface area contributed by atoms with Gasteiger partial charge in [0.05, 0.1) is 10.7 Å². The Balaban J connectivity index is 2.87. The first-order valence-electron chi connectivity index (χ1n) is 2.73. The van der Waals surface area contributed by atoms with Crippen LogP contribution in [-0.2, 0) is 0 Å². The Kier molecular flexibility index (Phi) is 2.00. The number of aliphatic hydroxyl groups is 1. The van der Waals surface area contributed by atoms with Crippen LogP contribution in [-0.4, -0.2) is 10.1 Å². The molecule has 0 aliphatic heterocycles. The van der Waals surface area contributed by atoms with E-state index < -0.39 is 6.10 Å². The lowest BCUT2D eigenvalue weighted by molar-refractivity contribution is 0.231. The van der Waals surface area contributed by atoms with Crippen molar-refractivity contribution in [2.24, 2.45) is 0 Å². The molecule has 0 spiro atoms. The molecule has 0 radical (unpaired) electrons. The van der Waals surface area contributed by atoms with Gasteiger partial charge in [-0.2, -0.15) is 5.26 Å². The summed E-state index contributed by atoms with van der Waals surface area (Å²) in [5.74, 6) is 0. The molecule has 0 aromatic carbocycles. The second-order valence-corrected chi connectivity index (χ2v) is 2.89. The molecule has 1 aromatic heterocycles. The molecule has 1 heterocycles. The number of aryl methyl sites for hydroxylation is 1. The Hall–Kier alpha value is -0.920. The van der Waals surface area contributed by atoms with E-state index in [0.29, 0.717) is 5.69 Å². The van der Waals surface area contributed by atoms with Crippen LogP contribution in [0.1, 0.15) is 16.8 Å². The summed E-state index contributed by atoms with van der Waals surface area (Å²) >= 11 is 1.43. The van der Waals surface area contributed by atoms with Gasteiger partial charge in [-0.25, -0.2) is 4.98 Å². The highest BCUT2D eigenvalue weighted by Crippen LogP contribution is 2.14. The molecule has 1 atom stereocenters. The predicted molar refractivity (Wildman–Crippen MR) is 37.4 cm³/mol. The average Bonchev–Trinajstić information content (AvgIpc) is 2.34. The van der Waals surface area contributed by atoms with E-state index in [4.69, 9.17) is 10.4 Å². The van der Waals surface area contributed by atoms with E-state index >= 15 is 0 Å². The smallest absolute Gasteiger partial charge is 0.183 e. The van der Waals surface area contributed by atoms with Gasteiger partial charge in [-0.15, -0.1) is 11.3 Å². The zero-order chi connectivity index (χ0) is 7.56. The first-order valence-corrected chi connectivity index (χ1v) is 3.61. The molecule has 1 N–H and O–H groups in total. The van der Waals surface area contributed by atoms with Crippen molar-refractivity contribution in [2.45, 2.75) is 13.0 Å². The van der Waals surface area contributed by atoms with Gasteiger partial charge in [0.25, 0.3) is 0 Å². The average molecular weight is 154 g/mol. The van der Waals surface area contributed by atoms with E-state index in [1.54, 1.807) is 11.4 Å². The Morgan fingerprint density at radius 1 is 1.90 bits per heavy atom. The van der Waals surface area contributed by atoms with Crippen LogP contribution in [0.15, 0.2) is 5.38 Å². The third-order valence-corrected chi connectivity index (χ3v) is 1.83. The fourth-order valence-electron chi connectivity index (χ4n) is 0.572. The standard InChI is InChI=1S/C6H6N2OS/c1-4-8-5(3-10-4)6(9)2-7/h3,6,9H,1H3/t6-/m1/s1. The zero-order valence-electron chi connectivity index (χ0n) is 5.40. The van der Waals surface area contributed by atoms with Crippen molar-refractivity contribution in [3.63, 3.8) is 0 Å². The first kappa shape index (κ1) is 7.19. The minimum Gasteiger partial charge on any atom is -0.373 e. The molecular weight excluding hydrogens is 148 g/mol. The summed E-state index contributed by atoms with van der Waals surface area (Å²) in [5.41, 5.74) is 0.449. The maximum absolute atomic E-state index is 8.93. The number of rotatable bonds is 1. The Morgan fingerprint density at radius 3 is 3.00 bits per heavy atom. The highest BCUT2D eigenvalue weighted by atomic mass is 32.1. The number of nitrogens with zero attached hydrogens (tertiary/aromatic N) is 2. The molecule has 1 rings (SSSR count). The van der Waals surface area contributed by atoms with Crippen molar-refractivity contribution in [3.8, 4) is 6.07 Å². The maximum atomic E-state index is 8.93. The van der Waals surface area contributed by atoms with Crippen LogP contribution in [0.25, 0.3) is 0 Å². The molecule has 3 nitrogen and oxygen atoms in total. The van der Waals surface area contributed by atoms with Gasteiger partial charge >= 0.3 is 0 Å². The summed E-state index contributed by atoms with van der Waals surface area (Å²) < 4.78 is 0. The number of aromatic nitrogens is 1. The molecule has 0 unspecified atom stereocenters. The molecule has 0 bridgehead atoms. The van der Waals surface area contributed by atoms with Crippen LogP contribution in [0.3, 0.4) is 0 Å². The van der Waals surface area contributed by atoms with Crippen molar-refractivity contribution < 1.29 is 5.11 Å². The second kappa shape index (κ2) is 2.78. The van der Waals surface area contributed by atoms with Crippen LogP contribution < -0.4 is 0 Å². The first-order chi connectivity index (χ1) is 4.74. The molecule has 0 aliphatic rings. The minimum absolute atomic E-state index is 0.449. The molecular formula is C6H6N2OS. The third kappa shape index (κ3) is 1.32. The number of nitriles is 1. The molecule has 0 fully saturated rings. The topological polar surface area (TPSA) is 56.9 Å². The molecule has 4 heteroatoms. The van der Waals surface area contributed by atoms with E-state index in [2.05, 4.69) is 4.98 Å². The fraction of sp³-hybridized carbons (Fsp3) is 0.333. The Morgan fingerprint density at radius 2 is 2.60 bits per heavy atom. The zero-order valence-corrected chi connectivity index (χ0v) is 6.22. The minimum atomic E-state index is -1.06. The third-order valence-electron chi connectivity index (χ3n) is 1.04. The molecule has 1 aromatic rings. The molecule has 52 valence electrons. The Labute approximate surface area is 62.6 Å². The van der Waals surface area contributed by atoms with E-state index in [1.807, 2.05) is 6.92 Å².